The van der Waals surface area contributed by atoms with Gasteiger partial charge in [0.15, 0.2) is 0 Å². The Morgan fingerprint density at radius 3 is 2.18 bits per heavy atom. The maximum Gasteiger partial charge on any atom is -0.0225 e. The molecule has 0 heterocycles. The van der Waals surface area contributed by atoms with Gasteiger partial charge in [-0.25, -0.2) is 0 Å². The highest BCUT2D eigenvalue weighted by molar-refractivity contribution is 5.55. The highest BCUT2D eigenvalue weighted by atomic mass is 14.0. The summed E-state index contributed by atoms with van der Waals surface area (Å²) >= 11 is 0. The first-order valence-corrected chi connectivity index (χ1v) is 6.66. The third-order valence-corrected chi connectivity index (χ3v) is 2.16. The van der Waals surface area contributed by atoms with E-state index in [4.69, 9.17) is 0 Å². The van der Waals surface area contributed by atoms with E-state index in [2.05, 4.69) is 44.7 Å². The Balaban J connectivity index is 0. The largest absolute Gasteiger partial charge is 0.0991 e. The van der Waals surface area contributed by atoms with Crippen molar-refractivity contribution in [2.24, 2.45) is 0 Å². The zero-order chi connectivity index (χ0) is 13.7. The van der Waals surface area contributed by atoms with Crippen LogP contribution in [0, 0.1) is 6.92 Å². The van der Waals surface area contributed by atoms with Crippen molar-refractivity contribution in [3.63, 3.8) is 0 Å². The quantitative estimate of drug-likeness (QED) is 0.577. The van der Waals surface area contributed by atoms with E-state index in [1.807, 2.05) is 33.8 Å². The van der Waals surface area contributed by atoms with Gasteiger partial charge in [0.05, 0.1) is 0 Å². The van der Waals surface area contributed by atoms with Crippen molar-refractivity contribution in [2.75, 3.05) is 0 Å². The fourth-order valence-electron chi connectivity index (χ4n) is 1.26. The molecular formula is C17H28. The van der Waals surface area contributed by atoms with Gasteiger partial charge in [-0.2, -0.15) is 0 Å². The van der Waals surface area contributed by atoms with Crippen molar-refractivity contribution >= 4 is 6.08 Å². The number of allylic oxidation sites excluding steroid dienone is 2. The fraction of sp³-hybridized carbons (Fsp3) is 0.412. The molecule has 0 spiro atoms. The summed E-state index contributed by atoms with van der Waals surface area (Å²) in [5, 5.41) is 0. The van der Waals surface area contributed by atoms with E-state index in [9.17, 15) is 0 Å². The molecule has 0 aliphatic carbocycles. The summed E-state index contributed by atoms with van der Waals surface area (Å²) in [6, 6.07) is 6.58. The van der Waals surface area contributed by atoms with Crippen LogP contribution in [-0.2, 0) is 6.42 Å². The highest BCUT2D eigenvalue weighted by Gasteiger charge is 1.94. The predicted molar refractivity (Wildman–Crippen MR) is 82.5 cm³/mol. The SMILES string of the molecule is C=C/C=C\c1cc(CC)ccc1C.CC.CC. The molecule has 1 aromatic carbocycles. The Kier molecular flexibility index (Phi) is 13.6. The van der Waals surface area contributed by atoms with E-state index < -0.39 is 0 Å². The Morgan fingerprint density at radius 1 is 1.12 bits per heavy atom. The molecule has 0 saturated carbocycles. The van der Waals surface area contributed by atoms with Crippen LogP contribution in [0.5, 0.6) is 0 Å². The molecule has 0 amide bonds. The fourth-order valence-corrected chi connectivity index (χ4v) is 1.26. The minimum absolute atomic E-state index is 1.09. The minimum atomic E-state index is 1.09. The van der Waals surface area contributed by atoms with Crippen molar-refractivity contribution in [3.05, 3.63) is 53.6 Å². The molecule has 0 bridgehead atoms. The van der Waals surface area contributed by atoms with Crippen molar-refractivity contribution in [1.29, 1.82) is 0 Å². The number of rotatable bonds is 3. The Labute approximate surface area is 108 Å². The van der Waals surface area contributed by atoms with Crippen LogP contribution in [0.3, 0.4) is 0 Å². The molecule has 0 atom stereocenters. The second-order valence-electron chi connectivity index (χ2n) is 3.14. The first-order chi connectivity index (χ1) is 8.27. The van der Waals surface area contributed by atoms with E-state index >= 15 is 0 Å². The van der Waals surface area contributed by atoms with Gasteiger partial charge < -0.3 is 0 Å². The predicted octanol–water partition coefficient (Wildman–Crippen LogP) is 5.81. The molecule has 0 aromatic heterocycles. The molecule has 0 unspecified atom stereocenters. The Hall–Kier alpha value is -1.30. The van der Waals surface area contributed by atoms with Crippen LogP contribution in [-0.4, -0.2) is 0 Å². The van der Waals surface area contributed by atoms with E-state index in [0.29, 0.717) is 0 Å². The van der Waals surface area contributed by atoms with Gasteiger partial charge in [0, 0.05) is 0 Å². The molecule has 0 fully saturated rings. The lowest BCUT2D eigenvalue weighted by Crippen LogP contribution is -1.85. The zero-order valence-electron chi connectivity index (χ0n) is 12.4. The number of hydrogen-bond donors (Lipinski definition) is 0. The van der Waals surface area contributed by atoms with E-state index in [0.717, 1.165) is 6.42 Å². The van der Waals surface area contributed by atoms with Crippen molar-refractivity contribution in [3.8, 4) is 0 Å². The summed E-state index contributed by atoms with van der Waals surface area (Å²) in [5.74, 6) is 0. The lowest BCUT2D eigenvalue weighted by Gasteiger charge is -2.02. The third kappa shape index (κ3) is 7.57. The average Bonchev–Trinajstić information content (AvgIpc) is 2.42. The van der Waals surface area contributed by atoms with Crippen LogP contribution in [0.15, 0.2) is 36.9 Å². The summed E-state index contributed by atoms with van der Waals surface area (Å²) < 4.78 is 0. The van der Waals surface area contributed by atoms with Gasteiger partial charge in [0.25, 0.3) is 0 Å². The molecule has 0 aliphatic heterocycles. The summed E-state index contributed by atoms with van der Waals surface area (Å²) in [4.78, 5) is 0. The molecule has 0 aliphatic rings. The lowest BCUT2D eigenvalue weighted by atomic mass is 10.0. The average molecular weight is 232 g/mol. The molecule has 0 nitrogen and oxygen atoms in total. The lowest BCUT2D eigenvalue weighted by molar-refractivity contribution is 1.13. The monoisotopic (exact) mass is 232 g/mol. The van der Waals surface area contributed by atoms with Gasteiger partial charge in [0.1, 0.15) is 0 Å². The second kappa shape index (κ2) is 12.8. The molecule has 17 heavy (non-hydrogen) atoms. The van der Waals surface area contributed by atoms with Crippen LogP contribution >= 0.6 is 0 Å². The standard InChI is InChI=1S/C13H16.2C2H6/c1-4-6-7-13-10-12(5-2)9-8-11(13)3;2*1-2/h4,6-10H,1,5H2,2-3H3;2*1-2H3/b7-6-;;. The third-order valence-electron chi connectivity index (χ3n) is 2.16. The van der Waals surface area contributed by atoms with Gasteiger partial charge in [-0.15, -0.1) is 0 Å². The van der Waals surface area contributed by atoms with Crippen molar-refractivity contribution in [1.82, 2.24) is 0 Å². The molecule has 0 N–H and O–H groups in total. The number of hydrogen-bond acceptors (Lipinski definition) is 0. The van der Waals surface area contributed by atoms with Gasteiger partial charge in [0.2, 0.25) is 0 Å². The smallest absolute Gasteiger partial charge is 0.0225 e. The van der Waals surface area contributed by atoms with Gasteiger partial charge in [-0.3, -0.25) is 0 Å². The zero-order valence-corrected chi connectivity index (χ0v) is 12.4. The molecule has 96 valence electrons. The minimum Gasteiger partial charge on any atom is -0.0991 e. The summed E-state index contributed by atoms with van der Waals surface area (Å²) in [6.07, 6.45) is 6.97. The van der Waals surface area contributed by atoms with Gasteiger partial charge in [-0.05, 0) is 30.0 Å². The first kappa shape index (κ1) is 18.1. The van der Waals surface area contributed by atoms with E-state index in [1.54, 1.807) is 6.08 Å². The topological polar surface area (TPSA) is 0 Å². The van der Waals surface area contributed by atoms with Gasteiger partial charge in [-0.1, -0.05) is 77.6 Å². The van der Waals surface area contributed by atoms with E-state index in [1.165, 1.54) is 16.7 Å². The van der Waals surface area contributed by atoms with Crippen LogP contribution in [0.2, 0.25) is 0 Å². The molecule has 0 heteroatoms. The highest BCUT2D eigenvalue weighted by Crippen LogP contribution is 2.13. The summed E-state index contributed by atoms with van der Waals surface area (Å²) in [7, 11) is 0. The van der Waals surface area contributed by atoms with Crippen molar-refractivity contribution in [2.45, 2.75) is 48.0 Å². The maximum absolute atomic E-state index is 3.66. The normalized spacial score (nSPS) is 8.82. The molecule has 1 aromatic rings. The van der Waals surface area contributed by atoms with E-state index in [-0.39, 0.29) is 0 Å². The second-order valence-corrected chi connectivity index (χ2v) is 3.14. The van der Waals surface area contributed by atoms with Crippen LogP contribution in [0.4, 0.5) is 0 Å². The summed E-state index contributed by atoms with van der Waals surface area (Å²) in [5.41, 5.74) is 3.99. The number of benzene rings is 1. The van der Waals surface area contributed by atoms with Crippen molar-refractivity contribution < 1.29 is 0 Å². The Bertz CT molecular complexity index is 319. The molecule has 0 radical (unpaired) electrons. The van der Waals surface area contributed by atoms with Crippen LogP contribution < -0.4 is 0 Å². The van der Waals surface area contributed by atoms with Crippen LogP contribution in [0.1, 0.15) is 51.3 Å². The molecule has 1 rings (SSSR count). The van der Waals surface area contributed by atoms with Gasteiger partial charge >= 0.3 is 0 Å². The maximum atomic E-state index is 3.66. The van der Waals surface area contributed by atoms with Crippen LogP contribution in [0.25, 0.3) is 6.08 Å². The first-order valence-electron chi connectivity index (χ1n) is 6.66. The summed E-state index contributed by atoms with van der Waals surface area (Å²) in [6.45, 7) is 16.0. The molecular weight excluding hydrogens is 204 g/mol. The Morgan fingerprint density at radius 2 is 1.71 bits per heavy atom. The number of aryl methyl sites for hydroxylation is 2. The molecule has 0 saturated heterocycles.